The first-order valence-corrected chi connectivity index (χ1v) is 10.6. The average Bonchev–Trinajstić information content (AvgIpc) is 3.19. The van der Waals surface area contributed by atoms with E-state index < -0.39 is 0 Å². The van der Waals surface area contributed by atoms with Crippen LogP contribution >= 0.6 is 0 Å². The molecule has 6 heteroatoms. The van der Waals surface area contributed by atoms with E-state index in [4.69, 9.17) is 9.47 Å². The van der Waals surface area contributed by atoms with Crippen LogP contribution in [0.15, 0.2) is 60.1 Å². The molecule has 0 amide bonds. The summed E-state index contributed by atoms with van der Waals surface area (Å²) in [6.45, 7) is 7.60. The summed E-state index contributed by atoms with van der Waals surface area (Å²) >= 11 is 0. The van der Waals surface area contributed by atoms with Crippen molar-refractivity contribution in [1.82, 2.24) is 14.9 Å². The zero-order valence-corrected chi connectivity index (χ0v) is 17.6. The van der Waals surface area contributed by atoms with E-state index in [1.165, 1.54) is 30.8 Å². The fraction of sp³-hybridized carbons (Fsp3) is 0.478. The van der Waals surface area contributed by atoms with Crippen LogP contribution in [0.3, 0.4) is 0 Å². The predicted octanol–water partition coefficient (Wildman–Crippen LogP) is 3.07. The molecule has 0 spiro atoms. The van der Waals surface area contributed by atoms with Gasteiger partial charge in [-0.2, -0.15) is 0 Å². The number of piperazine rings is 1. The van der Waals surface area contributed by atoms with Crippen molar-refractivity contribution in [3.63, 3.8) is 0 Å². The van der Waals surface area contributed by atoms with Crippen molar-refractivity contribution in [3.8, 4) is 5.75 Å². The van der Waals surface area contributed by atoms with Gasteiger partial charge in [-0.3, -0.25) is 9.91 Å². The van der Waals surface area contributed by atoms with Crippen LogP contribution in [0.25, 0.3) is 0 Å². The Morgan fingerprint density at radius 3 is 2.52 bits per heavy atom. The first-order valence-electron chi connectivity index (χ1n) is 10.6. The van der Waals surface area contributed by atoms with Crippen LogP contribution in [0.4, 0.5) is 5.69 Å². The topological polar surface area (TPSA) is 31.4 Å². The minimum atomic E-state index is 0.918. The van der Waals surface area contributed by atoms with Gasteiger partial charge >= 0.3 is 0 Å². The number of para-hydroxylation sites is 2. The number of nitrogens with zero attached hydrogens (tertiary/aromatic N) is 4. The lowest BCUT2D eigenvalue weighted by Crippen LogP contribution is -2.46. The van der Waals surface area contributed by atoms with Gasteiger partial charge in [0.05, 0.1) is 25.6 Å². The van der Waals surface area contributed by atoms with E-state index in [0.717, 1.165) is 50.8 Å². The molecular weight excluding hydrogens is 364 g/mol. The van der Waals surface area contributed by atoms with E-state index in [2.05, 4.69) is 50.3 Å². The standard InChI is InChI=1S/C23H32N4O2/c1-28-21-10-14-27-20(19-21)9-13-26(27)12-6-5-11-24-15-17-25(18-16-24)22-7-3-4-8-23(22)29-2/h3-4,7-10,14,19H,5-6,11-13,15-18H2,1-2H3. The summed E-state index contributed by atoms with van der Waals surface area (Å²) in [6, 6.07) is 8.33. The van der Waals surface area contributed by atoms with Gasteiger partial charge < -0.3 is 14.4 Å². The molecule has 4 rings (SSSR count). The van der Waals surface area contributed by atoms with Crippen LogP contribution in [-0.4, -0.2) is 75.0 Å². The molecule has 0 saturated carbocycles. The van der Waals surface area contributed by atoms with Crippen LogP contribution in [0.5, 0.6) is 5.75 Å². The summed E-state index contributed by atoms with van der Waals surface area (Å²) in [7, 11) is 3.47. The number of hydrogen-bond acceptors (Lipinski definition) is 6. The van der Waals surface area contributed by atoms with Crippen LogP contribution in [0.1, 0.15) is 12.8 Å². The molecule has 29 heavy (non-hydrogen) atoms. The maximum absolute atomic E-state index is 5.52. The van der Waals surface area contributed by atoms with E-state index in [1.807, 2.05) is 18.2 Å². The van der Waals surface area contributed by atoms with Crippen molar-refractivity contribution in [1.29, 1.82) is 0 Å². The number of fused-ring (bicyclic) bond motifs is 1. The molecule has 3 aliphatic rings. The smallest absolute Gasteiger partial charge is 0.142 e. The van der Waals surface area contributed by atoms with Crippen molar-refractivity contribution in [2.45, 2.75) is 12.8 Å². The molecule has 0 atom stereocenters. The largest absolute Gasteiger partial charge is 0.497 e. The van der Waals surface area contributed by atoms with Crippen molar-refractivity contribution >= 4 is 5.69 Å². The van der Waals surface area contributed by atoms with Gasteiger partial charge in [0.25, 0.3) is 0 Å². The third-order valence-electron chi connectivity index (χ3n) is 5.93. The number of hydrogen-bond donors (Lipinski definition) is 0. The summed E-state index contributed by atoms with van der Waals surface area (Å²) in [4.78, 5) is 5.03. The lowest BCUT2D eigenvalue weighted by atomic mass is 10.2. The number of methoxy groups -OCH3 is 2. The summed E-state index contributed by atoms with van der Waals surface area (Å²) in [5.74, 6) is 1.89. The Bertz CT molecular complexity index is 781. The molecule has 0 radical (unpaired) electrons. The highest BCUT2D eigenvalue weighted by atomic mass is 16.5. The maximum atomic E-state index is 5.52. The van der Waals surface area contributed by atoms with Crippen LogP contribution in [0, 0.1) is 0 Å². The van der Waals surface area contributed by atoms with E-state index in [1.54, 1.807) is 14.2 Å². The molecule has 0 aromatic heterocycles. The van der Waals surface area contributed by atoms with Gasteiger partial charge in [0.15, 0.2) is 0 Å². The molecule has 3 heterocycles. The number of unbranched alkanes of at least 4 members (excludes halogenated alkanes) is 1. The minimum Gasteiger partial charge on any atom is -0.497 e. The Kier molecular flexibility index (Phi) is 6.42. The molecular formula is C23H32N4O2. The average molecular weight is 397 g/mol. The highest BCUT2D eigenvalue weighted by Crippen LogP contribution is 2.28. The third-order valence-corrected chi connectivity index (χ3v) is 5.93. The van der Waals surface area contributed by atoms with Gasteiger partial charge in [-0.05, 0) is 43.7 Å². The van der Waals surface area contributed by atoms with Gasteiger partial charge in [0.1, 0.15) is 11.5 Å². The molecule has 3 aliphatic heterocycles. The summed E-state index contributed by atoms with van der Waals surface area (Å²) in [6.07, 6.45) is 10.9. The zero-order chi connectivity index (χ0) is 20.1. The summed E-state index contributed by atoms with van der Waals surface area (Å²) in [5.41, 5.74) is 2.43. The first-order chi connectivity index (χ1) is 14.3. The lowest BCUT2D eigenvalue weighted by molar-refractivity contribution is 0.0877. The highest BCUT2D eigenvalue weighted by molar-refractivity contribution is 5.58. The second kappa shape index (κ2) is 9.37. The highest BCUT2D eigenvalue weighted by Gasteiger charge is 2.23. The number of benzene rings is 1. The molecule has 0 bridgehead atoms. The summed E-state index contributed by atoms with van der Waals surface area (Å²) in [5, 5.41) is 4.64. The Balaban J connectivity index is 1.16. The molecule has 156 valence electrons. The Labute approximate surface area is 174 Å². The lowest BCUT2D eigenvalue weighted by Gasteiger charge is -2.36. The van der Waals surface area contributed by atoms with Crippen LogP contribution < -0.4 is 9.64 Å². The maximum Gasteiger partial charge on any atom is 0.142 e. The monoisotopic (exact) mass is 396 g/mol. The molecule has 0 aliphatic carbocycles. The second-order valence-corrected chi connectivity index (χ2v) is 7.66. The van der Waals surface area contributed by atoms with Crippen molar-refractivity contribution < 1.29 is 9.47 Å². The SMILES string of the molecule is COC1=CC2=CCN(CCCCN3CCN(c4ccccc4OC)CC3)N2C=C1. The Morgan fingerprint density at radius 1 is 0.931 bits per heavy atom. The molecule has 1 aromatic rings. The van der Waals surface area contributed by atoms with Crippen molar-refractivity contribution in [2.24, 2.45) is 0 Å². The zero-order valence-electron chi connectivity index (χ0n) is 17.6. The molecule has 0 unspecified atom stereocenters. The summed E-state index contributed by atoms with van der Waals surface area (Å²) < 4.78 is 10.8. The number of ether oxygens (including phenoxy) is 2. The quantitative estimate of drug-likeness (QED) is 0.628. The van der Waals surface area contributed by atoms with Gasteiger partial charge in [0.2, 0.25) is 0 Å². The van der Waals surface area contributed by atoms with E-state index in [-0.39, 0.29) is 0 Å². The van der Waals surface area contributed by atoms with Crippen LogP contribution in [-0.2, 0) is 4.74 Å². The second-order valence-electron chi connectivity index (χ2n) is 7.66. The third kappa shape index (κ3) is 4.60. The minimum absolute atomic E-state index is 0.918. The number of hydrazine groups is 1. The van der Waals surface area contributed by atoms with Crippen molar-refractivity contribution in [3.05, 3.63) is 60.1 Å². The Hall–Kier alpha value is -2.44. The molecule has 1 fully saturated rings. The number of anilines is 1. The predicted molar refractivity (Wildman–Crippen MR) is 117 cm³/mol. The van der Waals surface area contributed by atoms with Gasteiger partial charge in [-0.25, -0.2) is 5.01 Å². The van der Waals surface area contributed by atoms with Crippen LogP contribution in [0.2, 0.25) is 0 Å². The fourth-order valence-electron chi connectivity index (χ4n) is 4.25. The normalized spacial score (nSPS) is 19.8. The molecule has 1 aromatic carbocycles. The fourth-order valence-corrected chi connectivity index (χ4v) is 4.25. The molecule has 0 N–H and O–H groups in total. The Morgan fingerprint density at radius 2 is 1.72 bits per heavy atom. The number of allylic oxidation sites excluding steroid dienone is 2. The van der Waals surface area contributed by atoms with E-state index in [0.29, 0.717) is 0 Å². The van der Waals surface area contributed by atoms with Crippen molar-refractivity contribution in [2.75, 3.05) is 64.9 Å². The van der Waals surface area contributed by atoms with Gasteiger partial charge in [-0.1, -0.05) is 12.1 Å². The van der Waals surface area contributed by atoms with E-state index >= 15 is 0 Å². The number of rotatable bonds is 8. The first kappa shape index (κ1) is 19.9. The van der Waals surface area contributed by atoms with E-state index in [9.17, 15) is 0 Å². The molecule has 6 nitrogen and oxygen atoms in total. The van der Waals surface area contributed by atoms with Gasteiger partial charge in [-0.15, -0.1) is 0 Å². The molecule has 1 saturated heterocycles. The van der Waals surface area contributed by atoms with Gasteiger partial charge in [0, 0.05) is 51.5 Å².